The van der Waals surface area contributed by atoms with E-state index < -0.39 is 16.6 Å². The second kappa shape index (κ2) is 11.8. The Bertz CT molecular complexity index is 1920. The summed E-state index contributed by atoms with van der Waals surface area (Å²) in [4.78, 5) is 25.0. The Morgan fingerprint density at radius 1 is 1.20 bits per heavy atom. The van der Waals surface area contributed by atoms with E-state index in [2.05, 4.69) is 10.3 Å². The number of fused-ring (bicyclic) bond motifs is 3. The minimum Gasteiger partial charge on any atom is -0.482 e. The number of piperidine rings is 1. The summed E-state index contributed by atoms with van der Waals surface area (Å²) in [5.41, 5.74) is 3.49. The zero-order valence-corrected chi connectivity index (χ0v) is 26.8. The third kappa shape index (κ3) is 5.58. The van der Waals surface area contributed by atoms with E-state index in [0.717, 1.165) is 50.8 Å². The highest BCUT2D eigenvalue weighted by atomic mass is 32.2. The number of methoxy groups -OCH3 is 1. The second-order valence-corrected chi connectivity index (χ2v) is 14.3. The van der Waals surface area contributed by atoms with Gasteiger partial charge in [-0.3, -0.25) is 9.20 Å². The number of carbonyl (C=O) groups excluding carboxylic acids is 1. The van der Waals surface area contributed by atoms with Crippen molar-refractivity contribution >= 4 is 38.4 Å². The number of aryl methyl sites for hydroxylation is 1. The maximum atomic E-state index is 13.9. The summed E-state index contributed by atoms with van der Waals surface area (Å²) >= 11 is 0. The molecule has 3 aliphatic rings. The lowest BCUT2D eigenvalue weighted by Crippen LogP contribution is -2.55. The molecule has 1 aliphatic carbocycles. The van der Waals surface area contributed by atoms with Crippen LogP contribution < -0.4 is 14.4 Å². The molecule has 2 saturated heterocycles. The summed E-state index contributed by atoms with van der Waals surface area (Å²) < 4.78 is 67.7. The van der Waals surface area contributed by atoms with Crippen molar-refractivity contribution in [1.82, 2.24) is 29.2 Å². The Kier molecular flexibility index (Phi) is 7.88. The highest BCUT2D eigenvalue weighted by Crippen LogP contribution is 2.38. The van der Waals surface area contributed by atoms with Crippen molar-refractivity contribution in [2.75, 3.05) is 43.9 Å². The number of imidazole rings is 1. The van der Waals surface area contributed by atoms with E-state index in [1.165, 1.54) is 6.07 Å². The molecule has 4 aromatic rings. The Balaban J connectivity index is 1.29. The maximum absolute atomic E-state index is 13.9. The van der Waals surface area contributed by atoms with Crippen LogP contribution in [0.1, 0.15) is 41.7 Å². The number of anilines is 1. The molecule has 1 amide bonds. The number of ether oxygens (including phenoxy) is 2. The molecule has 2 aliphatic heterocycles. The number of amides is 1. The number of rotatable bonds is 8. The molecule has 7 rings (SSSR count). The zero-order valence-electron chi connectivity index (χ0n) is 25.9. The Hall–Kier alpha value is -3.82. The first kappa shape index (κ1) is 30.8. The van der Waals surface area contributed by atoms with Crippen molar-refractivity contribution in [3.8, 4) is 17.3 Å². The van der Waals surface area contributed by atoms with Gasteiger partial charge in [0.25, 0.3) is 5.91 Å². The fourth-order valence-corrected chi connectivity index (χ4v) is 7.41. The molecule has 0 aromatic carbocycles. The molecule has 1 N–H and O–H groups in total. The number of nitrogens with one attached hydrogen (secondary N) is 1. The number of aromatic nitrogens is 4. The monoisotopic (exact) mass is 657 g/mol. The van der Waals surface area contributed by atoms with Gasteiger partial charge in [-0.05, 0) is 69.3 Å². The van der Waals surface area contributed by atoms with E-state index in [4.69, 9.17) is 14.5 Å². The zero-order chi connectivity index (χ0) is 32.3. The van der Waals surface area contributed by atoms with E-state index in [0.29, 0.717) is 65.1 Å². The van der Waals surface area contributed by atoms with E-state index in [-0.39, 0.29) is 28.2 Å². The van der Waals surface area contributed by atoms with Crippen molar-refractivity contribution in [3.63, 3.8) is 0 Å². The number of hydrogen-bond donors (Lipinski definition) is 1. The van der Waals surface area contributed by atoms with Crippen LogP contribution in [-0.4, -0.2) is 96.5 Å². The molecule has 246 valence electrons. The molecule has 12 nitrogen and oxygen atoms in total. The standard InChI is InChI=1S/C31H37F2N7O5S/c1-18-28(23-13-20-7-8-25(40(31(32)33)46(3,42)43)36-29(20)38(23)16-19-5-6-19)35-26-14-21(15-27(44-2)39(18)26)30(41)37-11-9-24-22(17-37)34-10-4-12-45-24/h7-8,13-15,19,22,24,31,34H,4-6,9-12,16-17H2,1-3H3/t22-,24+/m0/s1. The molecule has 2 atom stereocenters. The van der Waals surface area contributed by atoms with Gasteiger partial charge >= 0.3 is 6.55 Å². The summed E-state index contributed by atoms with van der Waals surface area (Å²) in [5.74, 6) is 0.378. The number of halogens is 2. The lowest BCUT2D eigenvalue weighted by Gasteiger charge is -2.37. The fourth-order valence-electron chi connectivity index (χ4n) is 6.67. The van der Waals surface area contributed by atoms with Crippen LogP contribution in [0.4, 0.5) is 14.6 Å². The van der Waals surface area contributed by atoms with Gasteiger partial charge in [0.2, 0.25) is 10.0 Å². The topological polar surface area (TPSA) is 123 Å². The van der Waals surface area contributed by atoms with Crippen molar-refractivity contribution in [2.24, 2.45) is 5.92 Å². The summed E-state index contributed by atoms with van der Waals surface area (Å²) in [7, 11) is -2.72. The molecule has 4 aromatic heterocycles. The van der Waals surface area contributed by atoms with Gasteiger partial charge in [-0.15, -0.1) is 0 Å². The molecule has 1 saturated carbocycles. The van der Waals surface area contributed by atoms with Gasteiger partial charge in [0, 0.05) is 43.3 Å². The lowest BCUT2D eigenvalue weighted by atomic mass is 10.0. The van der Waals surface area contributed by atoms with Crippen molar-refractivity contribution in [3.05, 3.63) is 41.6 Å². The third-order valence-corrected chi connectivity index (χ3v) is 10.2. The van der Waals surface area contributed by atoms with Crippen LogP contribution in [0.15, 0.2) is 30.3 Å². The van der Waals surface area contributed by atoms with E-state index in [1.807, 2.05) is 26.9 Å². The number of carbonyl (C=O) groups is 1. The minimum absolute atomic E-state index is 0.0293. The number of sulfonamides is 1. The first-order valence-electron chi connectivity index (χ1n) is 15.5. The summed E-state index contributed by atoms with van der Waals surface area (Å²) in [6.07, 6.45) is 4.58. The molecule has 3 fully saturated rings. The van der Waals surface area contributed by atoms with Crippen LogP contribution in [-0.2, 0) is 21.3 Å². The minimum atomic E-state index is -4.27. The Morgan fingerprint density at radius 3 is 2.72 bits per heavy atom. The first-order chi connectivity index (χ1) is 22.0. The van der Waals surface area contributed by atoms with Crippen molar-refractivity contribution < 1.29 is 31.5 Å². The molecule has 6 heterocycles. The molecule has 0 unspecified atom stereocenters. The predicted octanol–water partition coefficient (Wildman–Crippen LogP) is 3.66. The van der Waals surface area contributed by atoms with Gasteiger partial charge in [0.05, 0.1) is 36.9 Å². The molecular weight excluding hydrogens is 620 g/mol. The van der Waals surface area contributed by atoms with Gasteiger partial charge in [0.1, 0.15) is 22.8 Å². The van der Waals surface area contributed by atoms with E-state index in [1.54, 1.807) is 25.3 Å². The van der Waals surface area contributed by atoms with Crippen LogP contribution >= 0.6 is 0 Å². The largest absolute Gasteiger partial charge is 0.482 e. The molecule has 0 bridgehead atoms. The highest BCUT2D eigenvalue weighted by Gasteiger charge is 2.34. The van der Waals surface area contributed by atoms with Gasteiger partial charge < -0.3 is 24.3 Å². The smallest absolute Gasteiger partial charge is 0.329 e. The highest BCUT2D eigenvalue weighted by molar-refractivity contribution is 7.92. The number of hydrogen-bond acceptors (Lipinski definition) is 8. The van der Waals surface area contributed by atoms with E-state index in [9.17, 15) is 22.0 Å². The molecular formula is C31H37F2N7O5S. The number of nitrogens with zero attached hydrogens (tertiary/aromatic N) is 6. The summed E-state index contributed by atoms with van der Waals surface area (Å²) in [6.45, 7) is 1.92. The lowest BCUT2D eigenvalue weighted by molar-refractivity contribution is 0.000421. The van der Waals surface area contributed by atoms with Gasteiger partial charge in [-0.2, -0.15) is 13.1 Å². The normalized spacial score (nSPS) is 20.7. The quantitative estimate of drug-likeness (QED) is 0.285. The van der Waals surface area contributed by atoms with Gasteiger partial charge in [0.15, 0.2) is 5.88 Å². The SMILES string of the molecule is COc1cc(C(=O)N2CC[C@H]3OCCCN[C@H]3C2)cc2nc(-c3cc4ccc(N(C(F)F)S(C)(=O)=O)nc4n3CC3CC3)c(C)n12. The molecule has 0 spiro atoms. The molecule has 46 heavy (non-hydrogen) atoms. The summed E-state index contributed by atoms with van der Waals surface area (Å²) in [5, 5.41) is 4.19. The maximum Gasteiger partial charge on any atom is 0.329 e. The Morgan fingerprint density at radius 2 is 2.00 bits per heavy atom. The summed E-state index contributed by atoms with van der Waals surface area (Å²) in [6, 6.07) is 8.36. The predicted molar refractivity (Wildman–Crippen MR) is 168 cm³/mol. The van der Waals surface area contributed by atoms with Crippen LogP contribution in [0.3, 0.4) is 0 Å². The first-order valence-corrected chi connectivity index (χ1v) is 17.4. The van der Waals surface area contributed by atoms with E-state index >= 15 is 0 Å². The van der Waals surface area contributed by atoms with Crippen molar-refractivity contribution in [1.29, 1.82) is 0 Å². The fraction of sp³-hybridized carbons (Fsp3) is 0.516. The number of alkyl halides is 2. The van der Waals surface area contributed by atoms with Crippen LogP contribution in [0.5, 0.6) is 5.88 Å². The van der Waals surface area contributed by atoms with Crippen molar-refractivity contribution in [2.45, 2.75) is 57.8 Å². The van der Waals surface area contributed by atoms with Gasteiger partial charge in [-0.1, -0.05) is 0 Å². The van der Waals surface area contributed by atoms with Crippen LogP contribution in [0.25, 0.3) is 28.1 Å². The number of likely N-dealkylation sites (tertiary alicyclic amines) is 1. The second-order valence-electron chi connectivity index (χ2n) is 12.4. The average molecular weight is 658 g/mol. The van der Waals surface area contributed by atoms with Crippen LogP contribution in [0, 0.1) is 12.8 Å². The van der Waals surface area contributed by atoms with Crippen LogP contribution in [0.2, 0.25) is 0 Å². The molecule has 0 radical (unpaired) electrons. The number of pyridine rings is 2. The average Bonchev–Trinajstić information content (AvgIpc) is 3.75. The molecule has 15 heteroatoms. The van der Waals surface area contributed by atoms with Gasteiger partial charge in [-0.25, -0.2) is 18.4 Å². The third-order valence-electron chi connectivity index (χ3n) is 9.14. The Labute approximate surface area is 265 Å².